The average molecular weight is 372 g/mol. The molecular formula is C20H24N2O3S. The summed E-state index contributed by atoms with van der Waals surface area (Å²) in [6.07, 6.45) is 0. The molecule has 26 heavy (non-hydrogen) atoms. The third-order valence-electron chi connectivity index (χ3n) is 4.23. The number of nitrogens with zero attached hydrogens (tertiary/aromatic N) is 2. The molecule has 0 aromatic heterocycles. The zero-order valence-corrected chi connectivity index (χ0v) is 16.2. The van der Waals surface area contributed by atoms with E-state index in [-0.39, 0.29) is 11.4 Å². The SMILES string of the molecule is COc1ccc(C2SCCN2C(=O)N(C)C)cc1OCc1ccccc1. The summed E-state index contributed by atoms with van der Waals surface area (Å²) in [5, 5.41) is -0.00474. The zero-order chi connectivity index (χ0) is 18.5. The van der Waals surface area contributed by atoms with Gasteiger partial charge in [-0.3, -0.25) is 0 Å². The summed E-state index contributed by atoms with van der Waals surface area (Å²) < 4.78 is 11.5. The predicted octanol–water partition coefficient (Wildman–Crippen LogP) is 4.00. The molecule has 0 aliphatic carbocycles. The van der Waals surface area contributed by atoms with Crippen LogP contribution in [0.15, 0.2) is 48.5 Å². The quantitative estimate of drug-likeness (QED) is 0.795. The molecule has 1 atom stereocenters. The molecule has 1 aliphatic heterocycles. The number of thioether (sulfide) groups is 1. The van der Waals surface area contributed by atoms with Gasteiger partial charge in [0.2, 0.25) is 0 Å². The lowest BCUT2D eigenvalue weighted by Gasteiger charge is -2.27. The Hall–Kier alpha value is -2.34. The molecule has 3 rings (SSSR count). The van der Waals surface area contributed by atoms with Crippen LogP contribution in [0, 0.1) is 0 Å². The Kier molecular flexibility index (Phi) is 5.93. The first kappa shape index (κ1) is 18.5. The van der Waals surface area contributed by atoms with Gasteiger partial charge in [0.15, 0.2) is 11.5 Å². The first-order chi connectivity index (χ1) is 12.6. The summed E-state index contributed by atoms with van der Waals surface area (Å²) in [4.78, 5) is 15.9. The van der Waals surface area contributed by atoms with Crippen LogP contribution in [-0.2, 0) is 6.61 Å². The van der Waals surface area contributed by atoms with E-state index < -0.39 is 0 Å². The maximum atomic E-state index is 12.4. The van der Waals surface area contributed by atoms with Gasteiger partial charge in [0.1, 0.15) is 12.0 Å². The molecule has 2 aromatic rings. The first-order valence-electron chi connectivity index (χ1n) is 8.54. The third-order valence-corrected chi connectivity index (χ3v) is 5.49. The predicted molar refractivity (Wildman–Crippen MR) is 105 cm³/mol. The van der Waals surface area contributed by atoms with Crippen LogP contribution < -0.4 is 9.47 Å². The number of urea groups is 1. The van der Waals surface area contributed by atoms with Gasteiger partial charge in [0.05, 0.1) is 7.11 Å². The van der Waals surface area contributed by atoms with Crippen molar-refractivity contribution in [3.8, 4) is 11.5 Å². The normalized spacial score (nSPS) is 16.4. The van der Waals surface area contributed by atoms with Gasteiger partial charge in [-0.25, -0.2) is 4.79 Å². The Balaban J connectivity index is 1.81. The van der Waals surface area contributed by atoms with Crippen LogP contribution in [0.25, 0.3) is 0 Å². The minimum Gasteiger partial charge on any atom is -0.493 e. The van der Waals surface area contributed by atoms with Crippen molar-refractivity contribution in [3.63, 3.8) is 0 Å². The van der Waals surface area contributed by atoms with Crippen LogP contribution in [0.4, 0.5) is 4.79 Å². The molecule has 0 bridgehead atoms. The van der Waals surface area contributed by atoms with Gasteiger partial charge in [-0.1, -0.05) is 36.4 Å². The number of amides is 2. The number of hydrogen-bond donors (Lipinski definition) is 0. The van der Waals surface area contributed by atoms with Crippen LogP contribution in [0.2, 0.25) is 0 Å². The fraction of sp³-hybridized carbons (Fsp3) is 0.350. The molecule has 0 N–H and O–H groups in total. The van der Waals surface area contributed by atoms with Crippen LogP contribution in [0.3, 0.4) is 0 Å². The van der Waals surface area contributed by atoms with Gasteiger partial charge in [-0.05, 0) is 23.3 Å². The maximum absolute atomic E-state index is 12.4. The van der Waals surface area contributed by atoms with Gasteiger partial charge < -0.3 is 19.3 Å². The Morgan fingerprint density at radius 3 is 2.65 bits per heavy atom. The highest BCUT2D eigenvalue weighted by Crippen LogP contribution is 2.41. The largest absolute Gasteiger partial charge is 0.493 e. The van der Waals surface area contributed by atoms with E-state index in [1.165, 1.54) is 0 Å². The molecule has 6 heteroatoms. The molecule has 0 spiro atoms. The van der Waals surface area contributed by atoms with Crippen molar-refractivity contribution < 1.29 is 14.3 Å². The van der Waals surface area contributed by atoms with E-state index >= 15 is 0 Å². The zero-order valence-electron chi connectivity index (χ0n) is 15.3. The van der Waals surface area contributed by atoms with Crippen LogP contribution in [0.5, 0.6) is 11.5 Å². The summed E-state index contributed by atoms with van der Waals surface area (Å²) >= 11 is 1.77. The number of benzene rings is 2. The number of carbonyl (C=O) groups excluding carboxylic acids is 1. The highest BCUT2D eigenvalue weighted by molar-refractivity contribution is 7.99. The van der Waals surface area contributed by atoms with E-state index in [1.54, 1.807) is 37.9 Å². The second-order valence-electron chi connectivity index (χ2n) is 6.28. The van der Waals surface area contributed by atoms with E-state index in [9.17, 15) is 4.79 Å². The minimum atomic E-state index is -0.00474. The van der Waals surface area contributed by atoms with Crippen LogP contribution >= 0.6 is 11.8 Å². The standard InChI is InChI=1S/C20H24N2O3S/c1-21(2)20(23)22-11-12-26-19(22)16-9-10-17(24-3)18(13-16)25-14-15-7-5-4-6-8-15/h4-10,13,19H,11-12,14H2,1-3H3. The highest BCUT2D eigenvalue weighted by atomic mass is 32.2. The number of carbonyl (C=O) groups is 1. The minimum absolute atomic E-state index is 0.00474. The van der Waals surface area contributed by atoms with Crippen molar-refractivity contribution in [3.05, 3.63) is 59.7 Å². The molecule has 1 unspecified atom stereocenters. The van der Waals surface area contributed by atoms with Gasteiger partial charge in [-0.2, -0.15) is 0 Å². The maximum Gasteiger partial charge on any atom is 0.320 e. The summed E-state index contributed by atoms with van der Waals surface area (Å²) in [5.74, 6) is 2.31. The van der Waals surface area contributed by atoms with Gasteiger partial charge in [0, 0.05) is 26.4 Å². The van der Waals surface area contributed by atoms with Crippen molar-refractivity contribution in [2.75, 3.05) is 33.5 Å². The smallest absolute Gasteiger partial charge is 0.320 e. The van der Waals surface area contributed by atoms with Gasteiger partial charge in [-0.15, -0.1) is 11.8 Å². The molecule has 1 aliphatic rings. The second-order valence-corrected chi connectivity index (χ2v) is 7.47. The van der Waals surface area contributed by atoms with Crippen LogP contribution in [-0.4, -0.2) is 49.3 Å². The molecular weight excluding hydrogens is 348 g/mol. The Morgan fingerprint density at radius 2 is 1.96 bits per heavy atom. The van der Waals surface area contributed by atoms with Crippen molar-refractivity contribution in [2.45, 2.75) is 12.0 Å². The molecule has 5 nitrogen and oxygen atoms in total. The summed E-state index contributed by atoms with van der Waals surface area (Å²) in [6, 6.07) is 16.0. The van der Waals surface area contributed by atoms with E-state index in [0.717, 1.165) is 23.4 Å². The molecule has 0 radical (unpaired) electrons. The Bertz CT molecular complexity index is 752. The van der Waals surface area contributed by atoms with E-state index in [4.69, 9.17) is 9.47 Å². The summed E-state index contributed by atoms with van der Waals surface area (Å²) in [7, 11) is 5.20. The molecule has 0 saturated carbocycles. The fourth-order valence-electron chi connectivity index (χ4n) is 2.89. The second kappa shape index (κ2) is 8.36. The van der Waals surface area contributed by atoms with Crippen LogP contribution in [0.1, 0.15) is 16.5 Å². The number of ether oxygens (including phenoxy) is 2. The highest BCUT2D eigenvalue weighted by Gasteiger charge is 2.32. The lowest BCUT2D eigenvalue weighted by Crippen LogP contribution is -2.38. The topological polar surface area (TPSA) is 42.0 Å². The van der Waals surface area contributed by atoms with Crippen molar-refractivity contribution in [1.82, 2.24) is 9.80 Å². The van der Waals surface area contributed by atoms with E-state index in [1.807, 2.05) is 53.4 Å². The van der Waals surface area contributed by atoms with Crippen molar-refractivity contribution in [1.29, 1.82) is 0 Å². The summed E-state index contributed by atoms with van der Waals surface area (Å²) in [5.41, 5.74) is 2.14. The first-order valence-corrected chi connectivity index (χ1v) is 9.59. The number of rotatable bonds is 5. The third kappa shape index (κ3) is 4.07. The van der Waals surface area contributed by atoms with Crippen molar-refractivity contribution >= 4 is 17.8 Å². The van der Waals surface area contributed by atoms with E-state index in [2.05, 4.69) is 0 Å². The monoisotopic (exact) mass is 372 g/mol. The van der Waals surface area contributed by atoms with Crippen molar-refractivity contribution in [2.24, 2.45) is 0 Å². The molecule has 2 aromatic carbocycles. The molecule has 1 saturated heterocycles. The number of hydrogen-bond acceptors (Lipinski definition) is 4. The average Bonchev–Trinajstić information content (AvgIpc) is 3.16. The Labute approximate surface area is 158 Å². The molecule has 1 heterocycles. The molecule has 2 amide bonds. The van der Waals surface area contributed by atoms with E-state index in [0.29, 0.717) is 18.1 Å². The fourth-order valence-corrected chi connectivity index (χ4v) is 4.13. The lowest BCUT2D eigenvalue weighted by atomic mass is 10.1. The van der Waals surface area contributed by atoms with Gasteiger partial charge in [0.25, 0.3) is 0 Å². The van der Waals surface area contributed by atoms with Gasteiger partial charge >= 0.3 is 6.03 Å². The molecule has 138 valence electrons. The summed E-state index contributed by atoms with van der Waals surface area (Å²) in [6.45, 7) is 1.22. The lowest BCUT2D eigenvalue weighted by molar-refractivity contribution is 0.173. The number of methoxy groups -OCH3 is 1. The molecule has 1 fully saturated rings. The Morgan fingerprint density at radius 1 is 1.19 bits per heavy atom.